The van der Waals surface area contributed by atoms with E-state index in [4.69, 9.17) is 9.47 Å². The average molecular weight is 290 g/mol. The molecule has 2 aliphatic rings. The molecule has 0 aromatic heterocycles. The fraction of sp³-hybridized carbons (Fsp3) is 0.562. The molecule has 2 N–H and O–H groups in total. The summed E-state index contributed by atoms with van der Waals surface area (Å²) in [5, 5.41) is 5.88. The van der Waals surface area contributed by atoms with Crippen LogP contribution < -0.4 is 20.1 Å². The molecule has 0 saturated heterocycles. The summed E-state index contributed by atoms with van der Waals surface area (Å²) in [5.41, 5.74) is 0.954. The lowest BCUT2D eigenvalue weighted by Gasteiger charge is -2.27. The molecule has 1 fully saturated rings. The highest BCUT2D eigenvalue weighted by Crippen LogP contribution is 2.34. The highest BCUT2D eigenvalue weighted by molar-refractivity contribution is 5.74. The van der Waals surface area contributed by atoms with Crippen LogP contribution in [0.4, 0.5) is 4.79 Å². The molecular formula is C16H22N2O3. The maximum atomic E-state index is 11.7. The standard InChI is InChI=1S/C16H22N2O3/c1-16(2,10-17-15(19)18-12-4-5-12)11-3-6-13-14(9-11)21-8-7-20-13/h3,6,9,12H,4-5,7-8,10H2,1-2H3,(H2,17,18,19). The van der Waals surface area contributed by atoms with Gasteiger partial charge in [-0.3, -0.25) is 0 Å². The molecule has 1 saturated carbocycles. The number of hydrogen-bond acceptors (Lipinski definition) is 3. The van der Waals surface area contributed by atoms with Crippen molar-refractivity contribution in [1.82, 2.24) is 10.6 Å². The minimum atomic E-state index is -0.170. The predicted octanol–water partition coefficient (Wildman–Crippen LogP) is 2.20. The Morgan fingerprint density at radius 2 is 1.95 bits per heavy atom. The van der Waals surface area contributed by atoms with Crippen LogP contribution in [0.25, 0.3) is 0 Å². The zero-order chi connectivity index (χ0) is 14.9. The second-order valence-electron chi connectivity index (χ2n) is 6.34. The van der Waals surface area contributed by atoms with Crippen molar-refractivity contribution in [2.75, 3.05) is 19.8 Å². The summed E-state index contributed by atoms with van der Waals surface area (Å²) < 4.78 is 11.2. The van der Waals surface area contributed by atoms with E-state index in [1.165, 1.54) is 0 Å². The van der Waals surface area contributed by atoms with Crippen molar-refractivity contribution in [1.29, 1.82) is 0 Å². The molecule has 2 amide bonds. The molecular weight excluding hydrogens is 268 g/mol. The van der Waals surface area contributed by atoms with Gasteiger partial charge in [-0.1, -0.05) is 19.9 Å². The first-order chi connectivity index (χ1) is 10.0. The summed E-state index contributed by atoms with van der Waals surface area (Å²) in [6, 6.07) is 6.28. The van der Waals surface area contributed by atoms with Crippen molar-refractivity contribution < 1.29 is 14.3 Å². The monoisotopic (exact) mass is 290 g/mol. The predicted molar refractivity (Wildman–Crippen MR) is 80.0 cm³/mol. The Morgan fingerprint density at radius 3 is 2.67 bits per heavy atom. The number of carbonyl (C=O) groups is 1. The number of nitrogens with one attached hydrogen (secondary N) is 2. The first kappa shape index (κ1) is 14.0. The number of rotatable bonds is 4. The van der Waals surface area contributed by atoms with E-state index >= 15 is 0 Å². The second kappa shape index (κ2) is 5.47. The molecule has 1 aromatic carbocycles. The summed E-state index contributed by atoms with van der Waals surface area (Å²) in [5.74, 6) is 1.58. The number of fused-ring (bicyclic) bond motifs is 1. The summed E-state index contributed by atoms with van der Waals surface area (Å²) >= 11 is 0. The molecule has 0 bridgehead atoms. The van der Waals surface area contributed by atoms with Crippen LogP contribution in [0.15, 0.2) is 18.2 Å². The minimum absolute atomic E-state index is 0.0804. The van der Waals surface area contributed by atoms with Gasteiger partial charge in [-0.05, 0) is 30.5 Å². The quantitative estimate of drug-likeness (QED) is 0.893. The van der Waals surface area contributed by atoms with Crippen molar-refractivity contribution in [2.24, 2.45) is 0 Å². The van der Waals surface area contributed by atoms with Crippen molar-refractivity contribution in [3.63, 3.8) is 0 Å². The van der Waals surface area contributed by atoms with Gasteiger partial charge in [0.1, 0.15) is 13.2 Å². The molecule has 1 aromatic rings. The zero-order valence-electron chi connectivity index (χ0n) is 12.6. The third kappa shape index (κ3) is 3.40. The number of benzene rings is 1. The smallest absolute Gasteiger partial charge is 0.315 e. The first-order valence-corrected chi connectivity index (χ1v) is 7.49. The Morgan fingerprint density at radius 1 is 1.24 bits per heavy atom. The van der Waals surface area contributed by atoms with Crippen molar-refractivity contribution in [3.05, 3.63) is 23.8 Å². The van der Waals surface area contributed by atoms with Crippen LogP contribution in [0.1, 0.15) is 32.3 Å². The third-order valence-corrected chi connectivity index (χ3v) is 3.93. The Labute approximate surface area is 125 Å². The number of amides is 2. The fourth-order valence-corrected chi connectivity index (χ4v) is 2.33. The Bertz CT molecular complexity index is 538. The van der Waals surface area contributed by atoms with E-state index in [2.05, 4.69) is 24.5 Å². The van der Waals surface area contributed by atoms with Gasteiger partial charge in [-0.25, -0.2) is 4.79 Å². The van der Waals surface area contributed by atoms with E-state index in [9.17, 15) is 4.79 Å². The molecule has 5 heteroatoms. The van der Waals surface area contributed by atoms with E-state index in [1.54, 1.807) is 0 Å². The molecule has 1 aliphatic carbocycles. The number of carbonyl (C=O) groups excluding carboxylic acids is 1. The second-order valence-corrected chi connectivity index (χ2v) is 6.34. The Balaban J connectivity index is 1.64. The van der Waals surface area contributed by atoms with E-state index in [1.807, 2.05) is 18.2 Å². The van der Waals surface area contributed by atoms with Gasteiger partial charge in [0.25, 0.3) is 0 Å². The van der Waals surface area contributed by atoms with Crippen LogP contribution in [0, 0.1) is 0 Å². The Kier molecular flexibility index (Phi) is 3.66. The molecule has 114 valence electrons. The van der Waals surface area contributed by atoms with Gasteiger partial charge in [0.2, 0.25) is 0 Å². The van der Waals surface area contributed by atoms with Crippen molar-refractivity contribution in [3.8, 4) is 11.5 Å². The van der Waals surface area contributed by atoms with E-state index in [0.29, 0.717) is 25.8 Å². The fourth-order valence-electron chi connectivity index (χ4n) is 2.33. The first-order valence-electron chi connectivity index (χ1n) is 7.49. The summed E-state index contributed by atoms with van der Waals surface area (Å²) in [6.07, 6.45) is 2.19. The van der Waals surface area contributed by atoms with Crippen molar-refractivity contribution >= 4 is 6.03 Å². The zero-order valence-corrected chi connectivity index (χ0v) is 12.6. The average Bonchev–Trinajstić information content (AvgIpc) is 3.29. The van der Waals surface area contributed by atoms with Gasteiger partial charge >= 0.3 is 6.03 Å². The van der Waals surface area contributed by atoms with Gasteiger partial charge in [0.05, 0.1) is 0 Å². The molecule has 1 heterocycles. The van der Waals surface area contributed by atoms with Crippen LogP contribution >= 0.6 is 0 Å². The lowest BCUT2D eigenvalue weighted by molar-refractivity contribution is 0.171. The van der Waals surface area contributed by atoms with Crippen LogP contribution in [-0.4, -0.2) is 31.8 Å². The summed E-state index contributed by atoms with van der Waals surface area (Å²) in [4.78, 5) is 11.7. The topological polar surface area (TPSA) is 59.6 Å². The molecule has 3 rings (SSSR count). The molecule has 0 atom stereocenters. The van der Waals surface area contributed by atoms with E-state index < -0.39 is 0 Å². The van der Waals surface area contributed by atoms with Gasteiger partial charge in [-0.15, -0.1) is 0 Å². The van der Waals surface area contributed by atoms with E-state index in [-0.39, 0.29) is 11.4 Å². The molecule has 0 spiro atoms. The third-order valence-electron chi connectivity index (χ3n) is 3.93. The maximum absolute atomic E-state index is 11.7. The van der Waals surface area contributed by atoms with Gasteiger partial charge in [0.15, 0.2) is 11.5 Å². The summed E-state index contributed by atoms with van der Waals surface area (Å²) in [7, 11) is 0. The van der Waals surface area contributed by atoms with E-state index in [0.717, 1.165) is 29.9 Å². The van der Waals surface area contributed by atoms with Crippen molar-refractivity contribution in [2.45, 2.75) is 38.1 Å². The number of hydrogen-bond donors (Lipinski definition) is 2. The van der Waals surface area contributed by atoms with Crippen LogP contribution in [0.2, 0.25) is 0 Å². The number of urea groups is 1. The van der Waals surface area contributed by atoms with Crippen LogP contribution in [0.3, 0.4) is 0 Å². The lowest BCUT2D eigenvalue weighted by atomic mass is 9.84. The molecule has 0 radical (unpaired) electrons. The number of ether oxygens (including phenoxy) is 2. The molecule has 21 heavy (non-hydrogen) atoms. The SMILES string of the molecule is CC(C)(CNC(=O)NC1CC1)c1ccc2c(c1)OCCO2. The molecule has 1 aliphatic heterocycles. The minimum Gasteiger partial charge on any atom is -0.486 e. The molecule has 5 nitrogen and oxygen atoms in total. The molecule has 0 unspecified atom stereocenters. The maximum Gasteiger partial charge on any atom is 0.315 e. The summed E-state index contributed by atoms with van der Waals surface area (Å²) in [6.45, 7) is 5.97. The normalized spacial score (nSPS) is 17.2. The highest BCUT2D eigenvalue weighted by atomic mass is 16.6. The van der Waals surface area contributed by atoms with Gasteiger partial charge in [-0.2, -0.15) is 0 Å². The van der Waals surface area contributed by atoms with Crippen LogP contribution in [-0.2, 0) is 5.41 Å². The highest BCUT2D eigenvalue weighted by Gasteiger charge is 2.26. The Hall–Kier alpha value is -1.91. The van der Waals surface area contributed by atoms with Crippen LogP contribution in [0.5, 0.6) is 11.5 Å². The largest absolute Gasteiger partial charge is 0.486 e. The lowest BCUT2D eigenvalue weighted by Crippen LogP contribution is -2.43. The van der Waals surface area contributed by atoms with Gasteiger partial charge in [0, 0.05) is 18.0 Å². The van der Waals surface area contributed by atoms with Gasteiger partial charge < -0.3 is 20.1 Å².